The Morgan fingerprint density at radius 1 is 0.905 bits per heavy atom. The zero-order valence-corrected chi connectivity index (χ0v) is 13.0. The summed E-state index contributed by atoms with van der Waals surface area (Å²) in [6, 6.07) is 18.7. The van der Waals surface area contributed by atoms with Crippen LogP contribution >= 0.6 is 0 Å². The molecule has 0 saturated heterocycles. The van der Waals surface area contributed by atoms with Crippen molar-refractivity contribution < 1.29 is 4.74 Å². The molecule has 112 valence electrons. The van der Waals surface area contributed by atoms with Gasteiger partial charge < -0.3 is 10.5 Å². The molecule has 2 aromatic rings. The fraction of sp³-hybridized carbons (Fsp3) is 0.368. The first-order chi connectivity index (χ1) is 10.3. The zero-order chi connectivity index (χ0) is 15.1. The quantitative estimate of drug-likeness (QED) is 0.801. The second-order valence-corrected chi connectivity index (χ2v) is 5.37. The summed E-state index contributed by atoms with van der Waals surface area (Å²) in [5, 5.41) is 0. The molecule has 0 spiro atoms. The van der Waals surface area contributed by atoms with Gasteiger partial charge in [-0.3, -0.25) is 0 Å². The molecule has 0 aliphatic carbocycles. The van der Waals surface area contributed by atoms with Crippen LogP contribution in [0.2, 0.25) is 0 Å². The highest BCUT2D eigenvalue weighted by atomic mass is 16.5. The SMILES string of the molecule is CCCOc1ccc(C(N)C(CC)c2ccccc2)cc1. The summed E-state index contributed by atoms with van der Waals surface area (Å²) in [5.74, 6) is 1.26. The van der Waals surface area contributed by atoms with E-state index in [4.69, 9.17) is 10.5 Å². The third kappa shape index (κ3) is 4.08. The molecule has 0 aliphatic rings. The summed E-state index contributed by atoms with van der Waals surface area (Å²) in [5.41, 5.74) is 8.96. The fourth-order valence-corrected chi connectivity index (χ4v) is 2.64. The number of benzene rings is 2. The number of nitrogens with two attached hydrogens (primary N) is 1. The molecule has 0 saturated carbocycles. The maximum Gasteiger partial charge on any atom is 0.119 e. The summed E-state index contributed by atoms with van der Waals surface area (Å²) in [7, 11) is 0. The minimum absolute atomic E-state index is 0.0117. The highest BCUT2D eigenvalue weighted by Crippen LogP contribution is 2.32. The van der Waals surface area contributed by atoms with Crippen LogP contribution in [0.25, 0.3) is 0 Å². The lowest BCUT2D eigenvalue weighted by Crippen LogP contribution is -2.19. The molecule has 2 rings (SSSR count). The third-order valence-electron chi connectivity index (χ3n) is 3.84. The van der Waals surface area contributed by atoms with Crippen LogP contribution in [-0.4, -0.2) is 6.61 Å². The van der Waals surface area contributed by atoms with Crippen LogP contribution in [0, 0.1) is 0 Å². The van der Waals surface area contributed by atoms with Gasteiger partial charge >= 0.3 is 0 Å². The van der Waals surface area contributed by atoms with Crippen LogP contribution in [0.4, 0.5) is 0 Å². The molecule has 2 unspecified atom stereocenters. The van der Waals surface area contributed by atoms with E-state index in [-0.39, 0.29) is 6.04 Å². The van der Waals surface area contributed by atoms with Crippen LogP contribution in [-0.2, 0) is 0 Å². The maximum absolute atomic E-state index is 6.49. The topological polar surface area (TPSA) is 35.2 Å². The minimum Gasteiger partial charge on any atom is -0.494 e. The second-order valence-electron chi connectivity index (χ2n) is 5.37. The first-order valence-electron chi connectivity index (χ1n) is 7.79. The Labute approximate surface area is 127 Å². The van der Waals surface area contributed by atoms with Gasteiger partial charge in [-0.25, -0.2) is 0 Å². The summed E-state index contributed by atoms with van der Waals surface area (Å²) >= 11 is 0. The van der Waals surface area contributed by atoms with Gasteiger partial charge in [0.25, 0.3) is 0 Å². The molecule has 2 nitrogen and oxygen atoms in total. The number of rotatable bonds is 7. The van der Waals surface area contributed by atoms with Crippen molar-refractivity contribution in [3.8, 4) is 5.75 Å². The number of ether oxygens (including phenoxy) is 1. The maximum atomic E-state index is 6.49. The van der Waals surface area contributed by atoms with Gasteiger partial charge in [0.2, 0.25) is 0 Å². The molecule has 0 bridgehead atoms. The Morgan fingerprint density at radius 3 is 2.14 bits per heavy atom. The average Bonchev–Trinajstić information content (AvgIpc) is 2.55. The normalized spacial score (nSPS) is 13.7. The summed E-state index contributed by atoms with van der Waals surface area (Å²) in [6.07, 6.45) is 2.05. The van der Waals surface area contributed by atoms with Gasteiger partial charge in [0, 0.05) is 12.0 Å². The van der Waals surface area contributed by atoms with E-state index in [1.165, 1.54) is 5.56 Å². The molecule has 0 fully saturated rings. The lowest BCUT2D eigenvalue weighted by molar-refractivity contribution is 0.317. The predicted octanol–water partition coefficient (Wildman–Crippen LogP) is 4.67. The smallest absolute Gasteiger partial charge is 0.119 e. The molecule has 2 aromatic carbocycles. The molecular weight excluding hydrogens is 258 g/mol. The largest absolute Gasteiger partial charge is 0.494 e. The van der Waals surface area contributed by atoms with E-state index in [2.05, 4.69) is 50.2 Å². The van der Waals surface area contributed by atoms with Gasteiger partial charge in [0.05, 0.1) is 6.61 Å². The fourth-order valence-electron chi connectivity index (χ4n) is 2.64. The highest BCUT2D eigenvalue weighted by Gasteiger charge is 2.19. The summed E-state index contributed by atoms with van der Waals surface area (Å²) in [6.45, 7) is 5.05. The highest BCUT2D eigenvalue weighted by molar-refractivity contribution is 5.32. The third-order valence-corrected chi connectivity index (χ3v) is 3.84. The molecule has 2 heteroatoms. The Hall–Kier alpha value is -1.80. The van der Waals surface area contributed by atoms with E-state index in [9.17, 15) is 0 Å². The molecule has 0 aromatic heterocycles. The molecule has 0 aliphatic heterocycles. The van der Waals surface area contributed by atoms with Crippen LogP contribution in [0.5, 0.6) is 5.75 Å². The van der Waals surface area contributed by atoms with E-state index in [0.717, 1.165) is 30.8 Å². The average molecular weight is 283 g/mol. The van der Waals surface area contributed by atoms with E-state index in [1.54, 1.807) is 0 Å². The molecular formula is C19H25NO. The van der Waals surface area contributed by atoms with Gasteiger partial charge in [-0.1, -0.05) is 56.3 Å². The van der Waals surface area contributed by atoms with E-state index in [1.807, 2.05) is 18.2 Å². The van der Waals surface area contributed by atoms with Gasteiger partial charge in [0.1, 0.15) is 5.75 Å². The van der Waals surface area contributed by atoms with Crippen molar-refractivity contribution in [3.63, 3.8) is 0 Å². The predicted molar refractivity (Wildman–Crippen MR) is 88.6 cm³/mol. The Kier molecular flexibility index (Phi) is 5.82. The lowest BCUT2D eigenvalue weighted by atomic mass is 9.86. The lowest BCUT2D eigenvalue weighted by Gasteiger charge is -2.23. The van der Waals surface area contributed by atoms with Gasteiger partial charge in [-0.2, -0.15) is 0 Å². The van der Waals surface area contributed by atoms with Gasteiger partial charge in [0.15, 0.2) is 0 Å². The summed E-state index contributed by atoms with van der Waals surface area (Å²) in [4.78, 5) is 0. The van der Waals surface area contributed by atoms with Crippen LogP contribution in [0.15, 0.2) is 54.6 Å². The molecule has 0 radical (unpaired) electrons. The first-order valence-corrected chi connectivity index (χ1v) is 7.79. The standard InChI is InChI=1S/C19H25NO/c1-3-14-21-17-12-10-16(11-13-17)19(20)18(4-2)15-8-6-5-7-9-15/h5-13,18-19H,3-4,14,20H2,1-2H3. The van der Waals surface area contributed by atoms with E-state index < -0.39 is 0 Å². The van der Waals surface area contributed by atoms with Crippen LogP contribution in [0.3, 0.4) is 0 Å². The van der Waals surface area contributed by atoms with Crippen molar-refractivity contribution in [1.82, 2.24) is 0 Å². The zero-order valence-electron chi connectivity index (χ0n) is 13.0. The Balaban J connectivity index is 2.12. The van der Waals surface area contributed by atoms with E-state index in [0.29, 0.717) is 5.92 Å². The number of hydrogen-bond donors (Lipinski definition) is 1. The van der Waals surface area contributed by atoms with Crippen molar-refractivity contribution in [2.24, 2.45) is 5.73 Å². The first kappa shape index (κ1) is 15.6. The van der Waals surface area contributed by atoms with Crippen molar-refractivity contribution >= 4 is 0 Å². The van der Waals surface area contributed by atoms with E-state index >= 15 is 0 Å². The Bertz CT molecular complexity index is 521. The monoisotopic (exact) mass is 283 g/mol. The van der Waals surface area contributed by atoms with Crippen molar-refractivity contribution in [2.45, 2.75) is 38.6 Å². The molecule has 0 heterocycles. The van der Waals surface area contributed by atoms with Crippen molar-refractivity contribution in [3.05, 3.63) is 65.7 Å². The Morgan fingerprint density at radius 2 is 1.57 bits per heavy atom. The minimum atomic E-state index is 0.0117. The molecule has 2 atom stereocenters. The van der Waals surface area contributed by atoms with Crippen molar-refractivity contribution in [1.29, 1.82) is 0 Å². The molecule has 21 heavy (non-hydrogen) atoms. The van der Waals surface area contributed by atoms with Gasteiger partial charge in [-0.05, 0) is 36.1 Å². The number of hydrogen-bond acceptors (Lipinski definition) is 2. The molecule has 0 amide bonds. The summed E-state index contributed by atoms with van der Waals surface area (Å²) < 4.78 is 5.62. The van der Waals surface area contributed by atoms with Crippen molar-refractivity contribution in [2.75, 3.05) is 6.61 Å². The van der Waals surface area contributed by atoms with Crippen LogP contribution < -0.4 is 10.5 Å². The van der Waals surface area contributed by atoms with Crippen LogP contribution in [0.1, 0.15) is 49.8 Å². The van der Waals surface area contributed by atoms with Gasteiger partial charge in [-0.15, -0.1) is 0 Å². The second kappa shape index (κ2) is 7.84. The molecule has 2 N–H and O–H groups in total.